The number of ketones is 1. The van der Waals surface area contributed by atoms with Crippen LogP contribution in [-0.4, -0.2) is 11.7 Å². The predicted molar refractivity (Wildman–Crippen MR) is 79.9 cm³/mol. The molecule has 0 aliphatic rings. The number of hydrogen-bond donors (Lipinski definition) is 1. The molecule has 1 atom stereocenters. The molecule has 5 heteroatoms. The number of anilines is 1. The molecule has 0 saturated heterocycles. The van der Waals surface area contributed by atoms with Crippen LogP contribution in [0.3, 0.4) is 0 Å². The normalized spacial score (nSPS) is 11.2. The predicted octanol–water partition coefficient (Wildman–Crippen LogP) is 3.15. The minimum absolute atomic E-state index is 0.408. The van der Waals surface area contributed by atoms with Gasteiger partial charge in [-0.1, -0.05) is 48.0 Å². The van der Waals surface area contributed by atoms with Crippen LogP contribution in [-0.2, 0) is 9.59 Å². The molecule has 0 spiro atoms. The maximum Gasteiger partial charge on any atom is 0.293 e. The topological polar surface area (TPSA) is 70.0 Å². The van der Waals surface area contributed by atoms with Gasteiger partial charge in [0, 0.05) is 10.7 Å². The van der Waals surface area contributed by atoms with Gasteiger partial charge in [-0.15, -0.1) is 0 Å². The molecular formula is C16H11ClN2O2. The summed E-state index contributed by atoms with van der Waals surface area (Å²) in [4.78, 5) is 24.0. The molecule has 2 aromatic carbocycles. The number of nitrogens with zero attached hydrogens (tertiary/aromatic N) is 1. The van der Waals surface area contributed by atoms with Gasteiger partial charge in [-0.3, -0.25) is 9.59 Å². The first-order valence-electron chi connectivity index (χ1n) is 6.17. The maximum atomic E-state index is 12.1. The molecule has 2 aromatic rings. The van der Waals surface area contributed by atoms with Crippen molar-refractivity contribution in [1.82, 2.24) is 0 Å². The van der Waals surface area contributed by atoms with Crippen LogP contribution >= 0.6 is 11.6 Å². The zero-order chi connectivity index (χ0) is 15.2. The Bertz CT molecular complexity index is 708. The van der Waals surface area contributed by atoms with Gasteiger partial charge in [0.25, 0.3) is 5.91 Å². The van der Waals surface area contributed by atoms with Gasteiger partial charge in [0.15, 0.2) is 0 Å². The summed E-state index contributed by atoms with van der Waals surface area (Å²) in [6.45, 7) is 0. The third-order valence-electron chi connectivity index (χ3n) is 2.83. The standard InChI is InChI=1S/C16H11ClN2O2/c17-12-7-4-8-13(9-12)19-16(21)15(20)14(10-18)11-5-2-1-3-6-11/h1-9,14H,(H,19,21)/t14-/m0/s1. The monoisotopic (exact) mass is 298 g/mol. The highest BCUT2D eigenvalue weighted by Gasteiger charge is 2.26. The Kier molecular flexibility index (Phi) is 4.70. The van der Waals surface area contributed by atoms with Crippen molar-refractivity contribution in [2.75, 3.05) is 5.32 Å². The summed E-state index contributed by atoms with van der Waals surface area (Å²) < 4.78 is 0. The first kappa shape index (κ1) is 14.8. The fourth-order valence-electron chi connectivity index (χ4n) is 1.82. The molecule has 21 heavy (non-hydrogen) atoms. The number of halogens is 1. The zero-order valence-electron chi connectivity index (χ0n) is 10.9. The number of carbonyl (C=O) groups is 2. The van der Waals surface area contributed by atoms with E-state index in [0.717, 1.165) is 0 Å². The van der Waals surface area contributed by atoms with E-state index in [9.17, 15) is 9.59 Å². The van der Waals surface area contributed by atoms with Crippen molar-refractivity contribution in [3.05, 3.63) is 65.2 Å². The van der Waals surface area contributed by atoms with Crippen molar-refractivity contribution in [2.45, 2.75) is 5.92 Å². The fourth-order valence-corrected chi connectivity index (χ4v) is 2.01. The average Bonchev–Trinajstić information content (AvgIpc) is 2.49. The molecule has 0 fully saturated rings. The SMILES string of the molecule is N#C[C@H](C(=O)C(=O)Nc1cccc(Cl)c1)c1ccccc1. The number of hydrogen-bond acceptors (Lipinski definition) is 3. The highest BCUT2D eigenvalue weighted by molar-refractivity contribution is 6.43. The third kappa shape index (κ3) is 3.68. The Morgan fingerprint density at radius 2 is 1.81 bits per heavy atom. The molecule has 0 unspecified atom stereocenters. The minimum Gasteiger partial charge on any atom is -0.319 e. The number of nitriles is 1. The second-order valence-corrected chi connectivity index (χ2v) is 4.74. The van der Waals surface area contributed by atoms with Crippen molar-refractivity contribution >= 4 is 29.0 Å². The van der Waals surface area contributed by atoms with Crippen LogP contribution in [0.1, 0.15) is 11.5 Å². The number of benzene rings is 2. The van der Waals surface area contributed by atoms with Gasteiger partial charge in [0.05, 0.1) is 6.07 Å². The minimum atomic E-state index is -1.12. The molecule has 0 bridgehead atoms. The van der Waals surface area contributed by atoms with Crippen LogP contribution in [0, 0.1) is 11.3 Å². The van der Waals surface area contributed by atoms with Crippen molar-refractivity contribution < 1.29 is 9.59 Å². The van der Waals surface area contributed by atoms with E-state index < -0.39 is 17.6 Å². The second-order valence-electron chi connectivity index (χ2n) is 4.30. The summed E-state index contributed by atoms with van der Waals surface area (Å²) in [6, 6.07) is 16.8. The molecule has 4 nitrogen and oxygen atoms in total. The highest BCUT2D eigenvalue weighted by Crippen LogP contribution is 2.18. The van der Waals surface area contributed by atoms with E-state index in [0.29, 0.717) is 16.3 Å². The van der Waals surface area contributed by atoms with Crippen LogP contribution in [0.15, 0.2) is 54.6 Å². The quantitative estimate of drug-likeness (QED) is 0.881. The number of nitrogens with one attached hydrogen (secondary N) is 1. The summed E-state index contributed by atoms with van der Waals surface area (Å²) in [5.74, 6) is -2.76. The number of carbonyl (C=O) groups excluding carboxylic acids is 2. The number of rotatable bonds is 4. The molecule has 0 aromatic heterocycles. The molecule has 1 amide bonds. The first-order valence-corrected chi connectivity index (χ1v) is 6.55. The molecule has 2 rings (SSSR count). The first-order chi connectivity index (χ1) is 10.1. The zero-order valence-corrected chi connectivity index (χ0v) is 11.7. The van der Waals surface area contributed by atoms with Gasteiger partial charge >= 0.3 is 0 Å². The molecule has 0 heterocycles. The van der Waals surface area contributed by atoms with Gasteiger partial charge in [0.1, 0.15) is 5.92 Å². The van der Waals surface area contributed by atoms with Crippen molar-refractivity contribution in [1.29, 1.82) is 5.26 Å². The lowest BCUT2D eigenvalue weighted by Gasteiger charge is -2.09. The Balaban J connectivity index is 2.15. The van der Waals surface area contributed by atoms with Crippen molar-refractivity contribution in [3.63, 3.8) is 0 Å². The average molecular weight is 299 g/mol. The van der Waals surface area contributed by atoms with E-state index in [1.165, 1.54) is 6.07 Å². The summed E-state index contributed by atoms with van der Waals surface area (Å²) in [5, 5.41) is 12.0. The molecule has 0 radical (unpaired) electrons. The van der Waals surface area contributed by atoms with E-state index in [1.54, 1.807) is 48.5 Å². The molecular weight excluding hydrogens is 288 g/mol. The van der Waals surface area contributed by atoms with Gasteiger partial charge in [-0.2, -0.15) is 5.26 Å². The van der Waals surface area contributed by atoms with E-state index in [2.05, 4.69) is 5.32 Å². The van der Waals surface area contributed by atoms with Crippen LogP contribution in [0.2, 0.25) is 5.02 Å². The molecule has 0 aliphatic heterocycles. The number of amides is 1. The largest absolute Gasteiger partial charge is 0.319 e. The lowest BCUT2D eigenvalue weighted by atomic mass is 9.96. The Labute approximate surface area is 127 Å². The van der Waals surface area contributed by atoms with E-state index >= 15 is 0 Å². The van der Waals surface area contributed by atoms with E-state index in [4.69, 9.17) is 16.9 Å². The van der Waals surface area contributed by atoms with Gasteiger partial charge in [-0.05, 0) is 23.8 Å². The van der Waals surface area contributed by atoms with Crippen LogP contribution in [0.4, 0.5) is 5.69 Å². The lowest BCUT2D eigenvalue weighted by molar-refractivity contribution is -0.135. The fraction of sp³-hybridized carbons (Fsp3) is 0.0625. The van der Waals surface area contributed by atoms with Crippen molar-refractivity contribution in [2.24, 2.45) is 0 Å². The lowest BCUT2D eigenvalue weighted by Crippen LogP contribution is -2.27. The van der Waals surface area contributed by atoms with Crippen molar-refractivity contribution in [3.8, 4) is 6.07 Å². The summed E-state index contributed by atoms with van der Waals surface area (Å²) in [5.41, 5.74) is 0.900. The molecule has 104 valence electrons. The summed E-state index contributed by atoms with van der Waals surface area (Å²) in [7, 11) is 0. The Morgan fingerprint density at radius 3 is 2.43 bits per heavy atom. The second kappa shape index (κ2) is 6.69. The van der Waals surface area contributed by atoms with Crippen LogP contribution in [0.25, 0.3) is 0 Å². The maximum absolute atomic E-state index is 12.1. The highest BCUT2D eigenvalue weighted by atomic mass is 35.5. The molecule has 1 N–H and O–H groups in total. The summed E-state index contributed by atoms with van der Waals surface area (Å²) in [6.07, 6.45) is 0. The smallest absolute Gasteiger partial charge is 0.293 e. The Hall–Kier alpha value is -2.64. The molecule has 0 aliphatic carbocycles. The third-order valence-corrected chi connectivity index (χ3v) is 3.07. The van der Waals surface area contributed by atoms with E-state index in [1.807, 2.05) is 6.07 Å². The van der Waals surface area contributed by atoms with Crippen LogP contribution < -0.4 is 5.32 Å². The number of Topliss-reactive ketones (excluding diaryl/α,β-unsaturated/α-hetero) is 1. The van der Waals surface area contributed by atoms with Gasteiger partial charge in [0.2, 0.25) is 5.78 Å². The summed E-state index contributed by atoms with van der Waals surface area (Å²) >= 11 is 5.81. The van der Waals surface area contributed by atoms with Gasteiger partial charge < -0.3 is 5.32 Å². The molecule has 0 saturated carbocycles. The van der Waals surface area contributed by atoms with Gasteiger partial charge in [-0.25, -0.2) is 0 Å². The van der Waals surface area contributed by atoms with E-state index in [-0.39, 0.29) is 0 Å². The van der Waals surface area contributed by atoms with Crippen LogP contribution in [0.5, 0.6) is 0 Å². The Morgan fingerprint density at radius 1 is 1.10 bits per heavy atom.